The lowest BCUT2D eigenvalue weighted by Crippen LogP contribution is -2.20. The average molecular weight is 188 g/mol. The average Bonchev–Trinajstić information content (AvgIpc) is 2.36. The summed E-state index contributed by atoms with van der Waals surface area (Å²) in [7, 11) is 0. The Balaban J connectivity index is 2.31. The van der Waals surface area contributed by atoms with Crippen LogP contribution in [-0.2, 0) is 4.79 Å². The molecule has 5 heteroatoms. The zero-order valence-electron chi connectivity index (χ0n) is 6.91. The van der Waals surface area contributed by atoms with Gasteiger partial charge in [0.15, 0.2) is 0 Å². The molecule has 1 saturated heterocycles. The molecule has 0 aromatic heterocycles. The second-order valence-corrected chi connectivity index (χ2v) is 4.04. The number of nitrogens with zero attached hydrogens (tertiary/aromatic N) is 1. The van der Waals surface area contributed by atoms with Crippen molar-refractivity contribution < 1.29 is 9.90 Å². The van der Waals surface area contributed by atoms with Crippen molar-refractivity contribution in [3.63, 3.8) is 0 Å². The maximum absolute atomic E-state index is 10.1. The van der Waals surface area contributed by atoms with Crippen LogP contribution in [0.2, 0.25) is 0 Å². The predicted octanol–water partition coefficient (Wildman–Crippen LogP) is 0.542. The fourth-order valence-corrected chi connectivity index (χ4v) is 2.04. The van der Waals surface area contributed by atoms with Gasteiger partial charge < -0.3 is 5.11 Å². The van der Waals surface area contributed by atoms with Gasteiger partial charge in [0.05, 0.1) is 5.71 Å². The summed E-state index contributed by atoms with van der Waals surface area (Å²) in [5, 5.41) is 12.8. The lowest BCUT2D eigenvalue weighted by atomic mass is 10.2. The molecular formula is C7H12N2O2S. The summed E-state index contributed by atoms with van der Waals surface area (Å²) in [6.07, 6.45) is 0.971. The van der Waals surface area contributed by atoms with E-state index in [1.165, 1.54) is 0 Å². The molecule has 0 aromatic rings. The first kappa shape index (κ1) is 9.38. The van der Waals surface area contributed by atoms with Crippen LogP contribution in [-0.4, -0.2) is 34.3 Å². The topological polar surface area (TPSA) is 61.7 Å². The van der Waals surface area contributed by atoms with Gasteiger partial charge in [-0.05, 0) is 19.1 Å². The van der Waals surface area contributed by atoms with Crippen molar-refractivity contribution in [3.05, 3.63) is 0 Å². The number of thioether (sulfide) groups is 1. The van der Waals surface area contributed by atoms with Gasteiger partial charge in [0, 0.05) is 5.25 Å². The van der Waals surface area contributed by atoms with Crippen LogP contribution in [0.5, 0.6) is 0 Å². The van der Waals surface area contributed by atoms with Crippen molar-refractivity contribution in [2.75, 3.05) is 12.3 Å². The number of rotatable bonds is 3. The Labute approximate surface area is 75.4 Å². The predicted molar refractivity (Wildman–Crippen MR) is 49.6 cm³/mol. The van der Waals surface area contributed by atoms with Crippen LogP contribution < -0.4 is 5.43 Å². The largest absolute Gasteiger partial charge is 0.480 e. The number of nitrogens with one attached hydrogen (secondary N) is 1. The van der Waals surface area contributed by atoms with Crippen LogP contribution in [0.25, 0.3) is 0 Å². The number of carboxylic acid groups (broad SMARTS) is 1. The molecule has 0 aromatic carbocycles. The third-order valence-corrected chi connectivity index (χ3v) is 2.86. The van der Waals surface area contributed by atoms with Crippen LogP contribution >= 0.6 is 11.8 Å². The number of aliphatic carboxylic acids is 1. The second kappa shape index (κ2) is 4.35. The molecule has 4 nitrogen and oxygen atoms in total. The quantitative estimate of drug-likeness (QED) is 0.635. The Bertz CT molecular complexity index is 206. The van der Waals surface area contributed by atoms with Crippen LogP contribution in [0.1, 0.15) is 13.3 Å². The zero-order valence-corrected chi connectivity index (χ0v) is 7.73. The number of hydrogen-bond donors (Lipinski definition) is 2. The third-order valence-electron chi connectivity index (χ3n) is 1.65. The van der Waals surface area contributed by atoms with Gasteiger partial charge in [0.2, 0.25) is 0 Å². The van der Waals surface area contributed by atoms with Crippen molar-refractivity contribution in [3.8, 4) is 0 Å². The van der Waals surface area contributed by atoms with Gasteiger partial charge in [-0.1, -0.05) is 0 Å². The van der Waals surface area contributed by atoms with Crippen molar-refractivity contribution in [1.82, 2.24) is 5.43 Å². The minimum absolute atomic E-state index is 0.0963. The van der Waals surface area contributed by atoms with Gasteiger partial charge in [0.1, 0.15) is 6.54 Å². The first-order valence-electron chi connectivity index (χ1n) is 3.83. The number of hydrogen-bond acceptors (Lipinski definition) is 4. The Hall–Kier alpha value is -0.710. The van der Waals surface area contributed by atoms with E-state index in [1.807, 2.05) is 11.8 Å². The molecule has 0 amide bonds. The molecule has 2 N–H and O–H groups in total. The fraction of sp³-hybridized carbons (Fsp3) is 0.714. The molecule has 1 aliphatic rings. The Morgan fingerprint density at radius 2 is 2.67 bits per heavy atom. The van der Waals surface area contributed by atoms with Crippen molar-refractivity contribution in [1.29, 1.82) is 0 Å². The maximum Gasteiger partial charge on any atom is 0.324 e. The minimum atomic E-state index is -0.877. The Kier molecular flexibility index (Phi) is 3.40. The fourth-order valence-electron chi connectivity index (χ4n) is 0.995. The summed E-state index contributed by atoms with van der Waals surface area (Å²) in [5.41, 5.74) is 3.60. The lowest BCUT2D eigenvalue weighted by Gasteiger charge is -2.02. The molecule has 1 aliphatic heterocycles. The molecule has 0 aliphatic carbocycles. The van der Waals surface area contributed by atoms with Gasteiger partial charge >= 0.3 is 5.97 Å². The molecule has 0 saturated carbocycles. The molecule has 0 spiro atoms. The molecule has 1 fully saturated rings. The molecule has 1 heterocycles. The monoisotopic (exact) mass is 188 g/mol. The SMILES string of the molecule is CC1SCC/C1=N\NCC(=O)O. The van der Waals surface area contributed by atoms with Crippen molar-refractivity contribution >= 4 is 23.4 Å². The van der Waals surface area contributed by atoms with Gasteiger partial charge in [-0.25, -0.2) is 0 Å². The van der Waals surface area contributed by atoms with Crippen molar-refractivity contribution in [2.24, 2.45) is 5.10 Å². The highest BCUT2D eigenvalue weighted by molar-refractivity contribution is 8.01. The van der Waals surface area contributed by atoms with E-state index < -0.39 is 5.97 Å². The molecule has 1 rings (SSSR count). The van der Waals surface area contributed by atoms with Gasteiger partial charge in [-0.3, -0.25) is 10.2 Å². The molecule has 12 heavy (non-hydrogen) atoms. The summed E-state index contributed by atoms with van der Waals surface area (Å²) in [4.78, 5) is 10.1. The summed E-state index contributed by atoms with van der Waals surface area (Å²) in [5.74, 6) is 0.215. The zero-order chi connectivity index (χ0) is 8.97. The summed E-state index contributed by atoms with van der Waals surface area (Å²) in [6, 6.07) is 0. The molecule has 68 valence electrons. The van der Waals surface area contributed by atoms with Crippen LogP contribution in [0.4, 0.5) is 0 Å². The summed E-state index contributed by atoms with van der Waals surface area (Å²) < 4.78 is 0. The van der Waals surface area contributed by atoms with E-state index in [0.29, 0.717) is 5.25 Å². The highest BCUT2D eigenvalue weighted by atomic mass is 32.2. The number of carbonyl (C=O) groups is 1. The van der Waals surface area contributed by atoms with E-state index >= 15 is 0 Å². The second-order valence-electron chi connectivity index (χ2n) is 2.59. The van der Waals surface area contributed by atoms with Crippen LogP contribution in [0.15, 0.2) is 5.10 Å². The number of hydrazone groups is 1. The van der Waals surface area contributed by atoms with Gasteiger partial charge in [-0.15, -0.1) is 0 Å². The summed E-state index contributed by atoms with van der Waals surface area (Å²) in [6.45, 7) is 1.99. The Morgan fingerprint density at radius 3 is 3.17 bits per heavy atom. The van der Waals surface area contributed by atoms with Crippen LogP contribution in [0, 0.1) is 0 Å². The first-order valence-corrected chi connectivity index (χ1v) is 4.87. The summed E-state index contributed by atoms with van der Waals surface area (Å²) >= 11 is 1.85. The van der Waals surface area contributed by atoms with E-state index in [0.717, 1.165) is 17.9 Å². The van der Waals surface area contributed by atoms with E-state index in [1.54, 1.807) is 0 Å². The molecular weight excluding hydrogens is 176 g/mol. The molecule has 1 atom stereocenters. The number of carboxylic acids is 1. The molecule has 0 bridgehead atoms. The van der Waals surface area contributed by atoms with E-state index in [-0.39, 0.29) is 6.54 Å². The minimum Gasteiger partial charge on any atom is -0.480 e. The van der Waals surface area contributed by atoms with E-state index in [4.69, 9.17) is 5.11 Å². The van der Waals surface area contributed by atoms with E-state index in [9.17, 15) is 4.79 Å². The maximum atomic E-state index is 10.1. The van der Waals surface area contributed by atoms with Crippen molar-refractivity contribution in [2.45, 2.75) is 18.6 Å². The first-order chi connectivity index (χ1) is 5.70. The molecule has 0 radical (unpaired) electrons. The molecule has 1 unspecified atom stereocenters. The van der Waals surface area contributed by atoms with Gasteiger partial charge in [0.25, 0.3) is 0 Å². The van der Waals surface area contributed by atoms with Crippen LogP contribution in [0.3, 0.4) is 0 Å². The smallest absolute Gasteiger partial charge is 0.324 e. The highest BCUT2D eigenvalue weighted by Gasteiger charge is 2.18. The lowest BCUT2D eigenvalue weighted by molar-refractivity contribution is -0.135. The Morgan fingerprint density at radius 1 is 1.92 bits per heavy atom. The third kappa shape index (κ3) is 2.73. The normalized spacial score (nSPS) is 26.1. The van der Waals surface area contributed by atoms with E-state index in [2.05, 4.69) is 17.5 Å². The van der Waals surface area contributed by atoms with Gasteiger partial charge in [-0.2, -0.15) is 16.9 Å². The standard InChI is InChI=1S/C7H12N2O2S/c1-5-6(2-3-12-5)9-8-4-7(10)11/h5,8H,2-4H2,1H3,(H,10,11)/b9-6+. The highest BCUT2D eigenvalue weighted by Crippen LogP contribution is 2.22.